The first-order valence-electron chi connectivity index (χ1n) is 6.43. The summed E-state index contributed by atoms with van der Waals surface area (Å²) >= 11 is 0. The Bertz CT molecular complexity index is 510. The van der Waals surface area contributed by atoms with Crippen molar-refractivity contribution in [3.63, 3.8) is 0 Å². The Morgan fingerprint density at radius 2 is 2.11 bits per heavy atom. The van der Waals surface area contributed by atoms with Crippen LogP contribution >= 0.6 is 0 Å². The molecule has 1 aromatic rings. The van der Waals surface area contributed by atoms with Gasteiger partial charge < -0.3 is 5.32 Å². The molecule has 1 aliphatic heterocycles. The molecule has 0 aliphatic carbocycles. The number of sulfonamides is 1. The number of hydrogen-bond donors (Lipinski definition) is 2. The van der Waals surface area contributed by atoms with Gasteiger partial charge in [-0.25, -0.2) is 17.5 Å². The standard InChI is InChI=1S/C13H19FN2O2S/c1-10(8-11-2-4-12(14)5-3-11)16-19(17,18)13-6-7-15-9-13/h2-5,10,13,15-16H,6-9H2,1H3. The molecule has 0 amide bonds. The zero-order valence-corrected chi connectivity index (χ0v) is 11.7. The van der Waals surface area contributed by atoms with Gasteiger partial charge in [-0.15, -0.1) is 0 Å². The molecule has 2 rings (SSSR count). The first kappa shape index (κ1) is 14.4. The molecule has 1 fully saturated rings. The lowest BCUT2D eigenvalue weighted by atomic mass is 10.1. The van der Waals surface area contributed by atoms with E-state index in [9.17, 15) is 12.8 Å². The smallest absolute Gasteiger partial charge is 0.216 e. The highest BCUT2D eigenvalue weighted by Crippen LogP contribution is 2.11. The summed E-state index contributed by atoms with van der Waals surface area (Å²) in [5, 5.41) is 2.70. The summed E-state index contributed by atoms with van der Waals surface area (Å²) in [6, 6.07) is 5.93. The molecule has 19 heavy (non-hydrogen) atoms. The van der Waals surface area contributed by atoms with Gasteiger partial charge in [-0.3, -0.25) is 0 Å². The maximum Gasteiger partial charge on any atom is 0.216 e. The molecule has 2 atom stereocenters. The minimum Gasteiger partial charge on any atom is -0.315 e. The predicted octanol–water partition coefficient (Wildman–Crippen LogP) is 1.04. The van der Waals surface area contributed by atoms with Crippen LogP contribution in [0.25, 0.3) is 0 Å². The fourth-order valence-corrected chi connectivity index (χ4v) is 3.89. The van der Waals surface area contributed by atoms with Crippen LogP contribution in [0.5, 0.6) is 0 Å². The highest BCUT2D eigenvalue weighted by molar-refractivity contribution is 7.90. The number of nitrogens with one attached hydrogen (secondary N) is 2. The summed E-state index contributed by atoms with van der Waals surface area (Å²) in [7, 11) is -3.27. The first-order chi connectivity index (χ1) is 8.97. The van der Waals surface area contributed by atoms with E-state index in [-0.39, 0.29) is 17.1 Å². The second kappa shape index (κ2) is 5.98. The van der Waals surface area contributed by atoms with E-state index in [0.29, 0.717) is 19.4 Å². The first-order valence-corrected chi connectivity index (χ1v) is 7.98. The van der Waals surface area contributed by atoms with E-state index in [1.54, 1.807) is 12.1 Å². The number of hydrogen-bond acceptors (Lipinski definition) is 3. The van der Waals surface area contributed by atoms with Crippen molar-refractivity contribution in [1.82, 2.24) is 10.0 Å². The maximum atomic E-state index is 12.8. The van der Waals surface area contributed by atoms with Crippen LogP contribution in [0.15, 0.2) is 24.3 Å². The van der Waals surface area contributed by atoms with E-state index in [4.69, 9.17) is 0 Å². The fourth-order valence-electron chi connectivity index (χ4n) is 2.29. The van der Waals surface area contributed by atoms with Gasteiger partial charge in [-0.05, 0) is 44.0 Å². The number of rotatable bonds is 5. The molecule has 0 bridgehead atoms. The minimum atomic E-state index is -3.27. The Kier molecular flexibility index (Phi) is 4.54. The highest BCUT2D eigenvalue weighted by atomic mass is 32.2. The molecule has 0 aromatic heterocycles. The Balaban J connectivity index is 1.93. The molecule has 4 nitrogen and oxygen atoms in total. The van der Waals surface area contributed by atoms with Crippen molar-refractivity contribution in [2.24, 2.45) is 0 Å². The Hall–Kier alpha value is -0.980. The molecule has 1 heterocycles. The summed E-state index contributed by atoms with van der Waals surface area (Å²) in [5.74, 6) is -0.283. The van der Waals surface area contributed by atoms with Crippen molar-refractivity contribution < 1.29 is 12.8 Å². The van der Waals surface area contributed by atoms with E-state index >= 15 is 0 Å². The lowest BCUT2D eigenvalue weighted by Crippen LogP contribution is -2.41. The van der Waals surface area contributed by atoms with Gasteiger partial charge in [0.15, 0.2) is 0 Å². The number of benzene rings is 1. The molecule has 2 N–H and O–H groups in total. The normalized spacial score (nSPS) is 21.5. The van der Waals surface area contributed by atoms with Crippen LogP contribution in [0.4, 0.5) is 4.39 Å². The monoisotopic (exact) mass is 286 g/mol. The molecule has 106 valence electrons. The maximum absolute atomic E-state index is 12.8. The summed E-state index contributed by atoms with van der Waals surface area (Å²) in [5.41, 5.74) is 0.918. The quantitative estimate of drug-likeness (QED) is 0.850. The average Bonchev–Trinajstić information content (AvgIpc) is 2.85. The summed E-state index contributed by atoms with van der Waals surface area (Å²) in [6.45, 7) is 3.08. The van der Waals surface area contributed by atoms with Gasteiger partial charge in [0.25, 0.3) is 0 Å². The van der Waals surface area contributed by atoms with E-state index in [1.807, 2.05) is 6.92 Å². The molecule has 2 unspecified atom stereocenters. The van der Waals surface area contributed by atoms with Crippen LogP contribution in [-0.4, -0.2) is 32.8 Å². The second-order valence-electron chi connectivity index (χ2n) is 5.01. The third-order valence-electron chi connectivity index (χ3n) is 3.27. The van der Waals surface area contributed by atoms with Crippen molar-refractivity contribution in [2.75, 3.05) is 13.1 Å². The van der Waals surface area contributed by atoms with Crippen LogP contribution < -0.4 is 10.0 Å². The summed E-state index contributed by atoms with van der Waals surface area (Å²) < 4.78 is 39.6. The van der Waals surface area contributed by atoms with Gasteiger partial charge in [0, 0.05) is 12.6 Å². The molecule has 1 saturated heterocycles. The third kappa shape index (κ3) is 3.99. The van der Waals surface area contributed by atoms with Crippen LogP contribution in [0.1, 0.15) is 18.9 Å². The van der Waals surface area contributed by atoms with E-state index in [2.05, 4.69) is 10.0 Å². The largest absolute Gasteiger partial charge is 0.315 e. The highest BCUT2D eigenvalue weighted by Gasteiger charge is 2.29. The zero-order chi connectivity index (χ0) is 13.9. The summed E-state index contributed by atoms with van der Waals surface area (Å²) in [6.07, 6.45) is 1.21. The fraction of sp³-hybridized carbons (Fsp3) is 0.538. The van der Waals surface area contributed by atoms with Crippen molar-refractivity contribution in [2.45, 2.75) is 31.1 Å². The van der Waals surface area contributed by atoms with Crippen molar-refractivity contribution >= 4 is 10.0 Å². The van der Waals surface area contributed by atoms with Gasteiger partial charge in [0.2, 0.25) is 10.0 Å². The second-order valence-corrected chi connectivity index (χ2v) is 7.00. The lowest BCUT2D eigenvalue weighted by Gasteiger charge is -2.17. The molecule has 0 radical (unpaired) electrons. The Labute approximate surface area is 113 Å². The predicted molar refractivity (Wildman–Crippen MR) is 72.9 cm³/mol. The topological polar surface area (TPSA) is 58.2 Å². The molecular formula is C13H19FN2O2S. The minimum absolute atomic E-state index is 0.198. The van der Waals surface area contributed by atoms with Gasteiger partial charge in [0.1, 0.15) is 5.82 Å². The molecule has 1 aliphatic rings. The van der Waals surface area contributed by atoms with Gasteiger partial charge in [0.05, 0.1) is 5.25 Å². The Morgan fingerprint density at radius 1 is 1.42 bits per heavy atom. The lowest BCUT2D eigenvalue weighted by molar-refractivity contribution is 0.547. The third-order valence-corrected chi connectivity index (χ3v) is 5.29. The summed E-state index contributed by atoms with van der Waals surface area (Å²) in [4.78, 5) is 0. The SMILES string of the molecule is CC(Cc1ccc(F)cc1)NS(=O)(=O)C1CCNC1. The van der Waals surface area contributed by atoms with Crippen LogP contribution in [-0.2, 0) is 16.4 Å². The van der Waals surface area contributed by atoms with Gasteiger partial charge >= 0.3 is 0 Å². The number of halogens is 1. The Morgan fingerprint density at radius 3 is 2.68 bits per heavy atom. The van der Waals surface area contributed by atoms with Crippen molar-refractivity contribution in [1.29, 1.82) is 0 Å². The van der Waals surface area contributed by atoms with E-state index in [0.717, 1.165) is 12.1 Å². The molecular weight excluding hydrogens is 267 g/mol. The van der Waals surface area contributed by atoms with Crippen LogP contribution in [0.2, 0.25) is 0 Å². The van der Waals surface area contributed by atoms with Crippen molar-refractivity contribution in [3.05, 3.63) is 35.6 Å². The molecule has 1 aromatic carbocycles. The molecule has 0 saturated carbocycles. The average molecular weight is 286 g/mol. The van der Waals surface area contributed by atoms with Gasteiger partial charge in [-0.1, -0.05) is 12.1 Å². The van der Waals surface area contributed by atoms with E-state index < -0.39 is 10.0 Å². The van der Waals surface area contributed by atoms with Crippen molar-refractivity contribution in [3.8, 4) is 0 Å². The zero-order valence-electron chi connectivity index (χ0n) is 10.9. The van der Waals surface area contributed by atoms with Crippen LogP contribution in [0.3, 0.4) is 0 Å². The van der Waals surface area contributed by atoms with E-state index in [1.165, 1.54) is 12.1 Å². The van der Waals surface area contributed by atoms with Gasteiger partial charge in [-0.2, -0.15) is 0 Å². The molecule has 0 spiro atoms. The van der Waals surface area contributed by atoms with Crippen LogP contribution in [0, 0.1) is 5.82 Å². The molecule has 6 heteroatoms.